The fourth-order valence-corrected chi connectivity index (χ4v) is 74.1. The Balaban J connectivity index is 0.000000303. The SMILES string of the molecule is CCCCCCSC1=C(SCCCCCC)SC(=C2SC3=C(SC(=CC=C4SC=C(SCSC5=C(SCSC6=CSC(=CC=C7SC8=C(S7)SC(=C7SC(SCCCCCC)=C(SCCCCCC)S7)S8)S6)SC(=CC=C6SC7=C(S6)SC(=C6SC(C)=C(C)S6)S7)S5)S4)S3)S2)S1.CCI.CCN(CC)CC.COC(=O)CCSC1=C(SCCC(=O)OC)SC(=CC=C2SC3=C(S2)SC(=C2SC(C)=C(C)S2)S3)S1. The van der Waals surface area contributed by atoms with Crippen molar-refractivity contribution in [2.75, 3.05) is 83.0 Å². The van der Waals surface area contributed by atoms with Crippen molar-refractivity contribution in [1.29, 1.82) is 0 Å². The van der Waals surface area contributed by atoms with Crippen LogP contribution in [0.3, 0.4) is 0 Å². The van der Waals surface area contributed by atoms with Gasteiger partial charge in [-0.15, -0.1) is 118 Å². The number of nitrogens with zero attached hydrogens (tertiary/aromatic N) is 1. The zero-order valence-electron chi connectivity index (χ0n) is 80.6. The molecule has 0 unspecified atom stereocenters. The smallest absolute Gasteiger partial charge is 0.306 e. The van der Waals surface area contributed by atoms with Gasteiger partial charge < -0.3 is 14.4 Å². The predicted octanol–water partition coefficient (Wildman–Crippen LogP) is 49.5. The average molecular weight is 2790 g/mol. The Morgan fingerprint density at radius 1 is 0.261 bits per heavy atom. The summed E-state index contributed by atoms with van der Waals surface area (Å²) in [5, 5.41) is 6.76. The largest absolute Gasteiger partial charge is 0.469 e. The second-order valence-electron chi connectivity index (χ2n) is 29.9. The van der Waals surface area contributed by atoms with Crippen LogP contribution in [0.2, 0.25) is 0 Å². The monoisotopic (exact) mass is 2790 g/mol. The molecule has 0 aromatic rings. The lowest BCUT2D eigenvalue weighted by Gasteiger charge is -2.13. The molecule has 142 heavy (non-hydrogen) atoms. The highest BCUT2D eigenvalue weighted by molar-refractivity contribution is 14.1. The maximum Gasteiger partial charge on any atom is 0.306 e. The van der Waals surface area contributed by atoms with E-state index in [1.807, 2.05) is 353 Å². The minimum absolute atomic E-state index is 0.198. The van der Waals surface area contributed by atoms with E-state index in [1.54, 1.807) is 64.0 Å². The van der Waals surface area contributed by atoms with Crippen molar-refractivity contribution < 1.29 is 19.1 Å². The van der Waals surface area contributed by atoms with Crippen molar-refractivity contribution >= 4 is 529 Å². The standard InChI is InChI=1S/C64H70S32.C22H22O4S10.C6H15N.C2H5I/c1-7-11-15-19-29-65-47-48(66-30-20-16-12-8-2)88-61(87-47)63-93-56-57(94-63)82-42(81-56)25-23-39-69-33-45(77-39)71-35-73-51-52(80-41(79-51)27-28-44-85-54-55(86-44)92-60(91-54)53-75-37(5)38(6)76-53)74-36-72-46-34-70-40(78-46)24-26-43-83-58-59(84-43)96-64(95-58)62-89-49(67-31-21-17-13-9-3)50(90-62)68-32-22-18-14-10-4;1-11-12(2)30-19(29-11)22-35-20-21(36-22)34-16(33-20)6-5-15-31-17(27-9-7-13(23)25-3)18(32-15)28-10-8-14(24)26-4;1-4-7(5-2)6-3;1-2-3/h23-28,33-34H,7-22,29-32,35-36H2,1-6H3;5-6H,7-10H2,1-4H3;4-6H2,1-3H3;2H2,1H3. The first kappa shape index (κ1) is 127. The van der Waals surface area contributed by atoms with Gasteiger partial charge in [-0.05, 0) is 179 Å². The van der Waals surface area contributed by atoms with E-state index >= 15 is 0 Å². The summed E-state index contributed by atoms with van der Waals surface area (Å²) in [5.74, 6) is 5.93. The fraction of sp³-hybridized carbons (Fsp3) is 0.468. The molecule has 0 atom stereocenters. The second kappa shape index (κ2) is 70.7. The Morgan fingerprint density at radius 2 is 0.472 bits per heavy atom. The molecule has 16 aliphatic rings. The summed E-state index contributed by atoms with van der Waals surface area (Å²) >= 11 is 84.7. The molecule has 0 spiro atoms. The molecular formula is C94H112INO4S42. The minimum atomic E-state index is -0.198. The normalized spacial score (nSPS) is 20.6. The quantitative estimate of drug-likeness (QED) is 0.0191. The van der Waals surface area contributed by atoms with E-state index in [1.165, 1.54) is 311 Å². The summed E-state index contributed by atoms with van der Waals surface area (Å²) in [6.45, 7) is 30.4. The maximum absolute atomic E-state index is 11.5. The molecule has 0 fully saturated rings. The number of methoxy groups -OCH3 is 2. The van der Waals surface area contributed by atoms with E-state index < -0.39 is 0 Å². The summed E-state index contributed by atoms with van der Waals surface area (Å²) in [4.78, 5) is 31.1. The number of thioether (sulfide) groups is 42. The van der Waals surface area contributed by atoms with E-state index in [0.29, 0.717) is 24.3 Å². The average Bonchev–Trinajstić information content (AvgIpc) is 1.65. The molecule has 0 aliphatic carbocycles. The molecule has 776 valence electrons. The van der Waals surface area contributed by atoms with Gasteiger partial charge in [0.25, 0.3) is 0 Å². The Labute approximate surface area is 1040 Å². The van der Waals surface area contributed by atoms with Crippen LogP contribution in [-0.2, 0) is 19.1 Å². The van der Waals surface area contributed by atoms with Gasteiger partial charge in [-0.25, -0.2) is 0 Å². The summed E-state index contributed by atoms with van der Waals surface area (Å²) in [6.07, 6.45) is 40.8. The summed E-state index contributed by atoms with van der Waals surface area (Å²) < 4.78 is 59.3. The number of ether oxygens (including phenoxy) is 2. The number of alkyl halides is 1. The Hall–Kier alpha value is 8.09. The van der Waals surface area contributed by atoms with Crippen LogP contribution in [0.15, 0.2) is 223 Å². The minimum Gasteiger partial charge on any atom is -0.469 e. The van der Waals surface area contributed by atoms with E-state index in [4.69, 9.17) is 9.47 Å². The van der Waals surface area contributed by atoms with Crippen molar-refractivity contribution in [3.8, 4) is 0 Å². The third-order valence-corrected chi connectivity index (χ3v) is 78.7. The lowest BCUT2D eigenvalue weighted by Crippen LogP contribution is -2.21. The predicted molar refractivity (Wildman–Crippen MR) is 748 cm³/mol. The number of carbonyl (C=O) groups excluding carboxylic acids is 2. The zero-order valence-corrected chi connectivity index (χ0v) is 117. The van der Waals surface area contributed by atoms with E-state index in [9.17, 15) is 9.59 Å². The molecule has 16 heterocycles. The van der Waals surface area contributed by atoms with Crippen LogP contribution in [0.5, 0.6) is 0 Å². The van der Waals surface area contributed by atoms with Crippen LogP contribution < -0.4 is 0 Å². The Bertz CT molecular complexity index is 4970. The number of rotatable bonds is 47. The van der Waals surface area contributed by atoms with Crippen LogP contribution in [0, 0.1) is 0 Å². The lowest BCUT2D eigenvalue weighted by molar-refractivity contribution is -0.140. The molecule has 5 nitrogen and oxygen atoms in total. The summed E-state index contributed by atoms with van der Waals surface area (Å²) in [6, 6.07) is 0. The van der Waals surface area contributed by atoms with Gasteiger partial charge in [-0.2, -0.15) is 0 Å². The number of unbranched alkanes of at least 4 members (excludes halogenated alkanes) is 12. The van der Waals surface area contributed by atoms with Gasteiger partial charge in [0.15, 0.2) is 0 Å². The zero-order chi connectivity index (χ0) is 100. The molecule has 0 aromatic heterocycles. The van der Waals surface area contributed by atoms with Crippen LogP contribution in [0.1, 0.15) is 199 Å². The van der Waals surface area contributed by atoms with Crippen LogP contribution in [0.4, 0.5) is 0 Å². The lowest BCUT2D eigenvalue weighted by atomic mass is 10.2. The summed E-state index contributed by atoms with van der Waals surface area (Å²) in [7, 11) is 2.83. The van der Waals surface area contributed by atoms with Crippen LogP contribution in [0.25, 0.3) is 0 Å². The first-order valence-corrected chi connectivity index (χ1v) is 83.6. The number of hydrogen-bond donors (Lipinski definition) is 0. The highest BCUT2D eigenvalue weighted by Crippen LogP contribution is 2.76. The highest BCUT2D eigenvalue weighted by atomic mass is 127. The number of esters is 2. The molecule has 16 aliphatic heterocycles. The highest BCUT2D eigenvalue weighted by Gasteiger charge is 2.40. The summed E-state index contributed by atoms with van der Waals surface area (Å²) in [5.41, 5.74) is 0. The molecule has 0 bridgehead atoms. The number of hydrogen-bond acceptors (Lipinski definition) is 47. The molecule has 0 radical (unpaired) electrons. The molecule has 0 saturated carbocycles. The molecule has 0 saturated heterocycles. The molecule has 48 heteroatoms. The van der Waals surface area contributed by atoms with Crippen LogP contribution >= 0.6 is 517 Å². The van der Waals surface area contributed by atoms with Gasteiger partial charge >= 0.3 is 11.9 Å². The Kier molecular flexibility index (Phi) is 63.2. The first-order chi connectivity index (χ1) is 69.2. The number of halogens is 1. The third kappa shape index (κ3) is 42.0. The fourth-order valence-electron chi connectivity index (χ4n) is 11.9. The van der Waals surface area contributed by atoms with Gasteiger partial charge in [0.05, 0.1) is 163 Å². The molecule has 0 aromatic carbocycles. The van der Waals surface area contributed by atoms with E-state index in [0.717, 1.165) is 10.2 Å². The topological polar surface area (TPSA) is 55.8 Å². The van der Waals surface area contributed by atoms with Crippen molar-refractivity contribution in [3.05, 3.63) is 223 Å². The third-order valence-electron chi connectivity index (χ3n) is 19.5. The van der Waals surface area contributed by atoms with Crippen LogP contribution in [-0.4, -0.2) is 99.8 Å². The number of carbonyl (C=O) groups is 2. The van der Waals surface area contributed by atoms with Gasteiger partial charge in [0, 0.05) is 30.1 Å². The molecule has 0 amide bonds. The van der Waals surface area contributed by atoms with Crippen molar-refractivity contribution in [3.63, 3.8) is 0 Å². The van der Waals surface area contributed by atoms with Crippen molar-refractivity contribution in [2.24, 2.45) is 0 Å². The maximum atomic E-state index is 11.5. The number of allylic oxidation sites excluding steroid dienone is 12. The molecular weight excluding hydrogens is 2680 g/mol. The van der Waals surface area contributed by atoms with E-state index in [-0.39, 0.29) is 11.9 Å². The molecule has 16 rings (SSSR count). The first-order valence-electron chi connectivity index (χ1n) is 46.0. The van der Waals surface area contributed by atoms with Crippen molar-refractivity contribution in [2.45, 2.75) is 199 Å². The molecule has 0 N–H and O–H groups in total. The van der Waals surface area contributed by atoms with Gasteiger partial charge in [0.1, 0.15) is 0 Å². The van der Waals surface area contributed by atoms with Crippen molar-refractivity contribution in [1.82, 2.24) is 4.90 Å². The van der Waals surface area contributed by atoms with E-state index in [2.05, 4.69) is 264 Å². The van der Waals surface area contributed by atoms with Gasteiger partial charge in [0.2, 0.25) is 0 Å². The Morgan fingerprint density at radius 3 is 0.711 bits per heavy atom. The second-order valence-corrected chi connectivity index (χ2v) is 85.3. The van der Waals surface area contributed by atoms with Gasteiger partial charge in [-0.3, -0.25) is 9.59 Å². The van der Waals surface area contributed by atoms with Gasteiger partial charge in [-0.1, -0.05) is 531 Å².